The molecule has 0 amide bonds. The van der Waals surface area contributed by atoms with Crippen molar-refractivity contribution in [2.24, 2.45) is 4.99 Å². The molecule has 0 bridgehead atoms. The molecule has 1 aromatic heterocycles. The molecule has 1 heterocycles. The largest absolute Gasteiger partial charge is 0.357 e. The van der Waals surface area contributed by atoms with Crippen LogP contribution in [0, 0.1) is 0 Å². The molecule has 0 spiro atoms. The minimum absolute atomic E-state index is 0. The first-order chi connectivity index (χ1) is 12.2. The molecule has 0 unspecified atom stereocenters. The van der Waals surface area contributed by atoms with Crippen LogP contribution in [0.5, 0.6) is 0 Å². The second-order valence-corrected chi connectivity index (χ2v) is 7.48. The van der Waals surface area contributed by atoms with Crippen molar-refractivity contribution in [3.8, 4) is 0 Å². The van der Waals surface area contributed by atoms with E-state index in [1.807, 2.05) is 18.7 Å². The van der Waals surface area contributed by atoms with Crippen molar-refractivity contribution in [1.82, 2.24) is 20.2 Å². The highest BCUT2D eigenvalue weighted by Crippen LogP contribution is 2.48. The summed E-state index contributed by atoms with van der Waals surface area (Å²) in [6.45, 7) is 5.67. The summed E-state index contributed by atoms with van der Waals surface area (Å²) in [7, 11) is 0. The molecule has 26 heavy (non-hydrogen) atoms. The Labute approximate surface area is 181 Å². The lowest BCUT2D eigenvalue weighted by Gasteiger charge is -2.16. The summed E-state index contributed by atoms with van der Waals surface area (Å²) in [4.78, 5) is 8.92. The molecule has 2 N–H and O–H groups in total. The van der Waals surface area contributed by atoms with Crippen LogP contribution in [0.1, 0.15) is 31.7 Å². The standard InChI is InChI=1S/C19H26BrN5.HI/c1-2-22-18(23-9-4-11-25-12-10-21-15-25)24-14-19(7-8-19)16-5-3-6-17(20)13-16;/h3,5-6,10,12-13,15H,2,4,7-9,11,14H2,1H3,(H2,22,23,24);1H. The Morgan fingerprint density at radius 3 is 2.85 bits per heavy atom. The van der Waals surface area contributed by atoms with E-state index in [-0.39, 0.29) is 29.4 Å². The van der Waals surface area contributed by atoms with Crippen LogP contribution in [0.25, 0.3) is 0 Å². The van der Waals surface area contributed by atoms with Crippen LogP contribution in [0.4, 0.5) is 0 Å². The number of nitrogens with zero attached hydrogens (tertiary/aromatic N) is 3. The van der Waals surface area contributed by atoms with Gasteiger partial charge in [0.05, 0.1) is 12.9 Å². The summed E-state index contributed by atoms with van der Waals surface area (Å²) in [5, 5.41) is 6.79. The normalized spacial score (nSPS) is 15.2. The van der Waals surface area contributed by atoms with Gasteiger partial charge in [-0.2, -0.15) is 0 Å². The molecule has 0 atom stereocenters. The minimum Gasteiger partial charge on any atom is -0.357 e. The maximum atomic E-state index is 4.85. The highest BCUT2D eigenvalue weighted by Gasteiger charge is 2.44. The molecule has 1 fully saturated rings. The molecule has 0 aliphatic heterocycles. The van der Waals surface area contributed by atoms with E-state index in [0.717, 1.165) is 43.0 Å². The van der Waals surface area contributed by atoms with Gasteiger partial charge in [-0.05, 0) is 43.9 Å². The van der Waals surface area contributed by atoms with Crippen LogP contribution in [-0.4, -0.2) is 35.1 Å². The van der Waals surface area contributed by atoms with E-state index >= 15 is 0 Å². The minimum atomic E-state index is 0. The summed E-state index contributed by atoms with van der Waals surface area (Å²) in [6, 6.07) is 8.64. The number of guanidine groups is 1. The van der Waals surface area contributed by atoms with Crippen molar-refractivity contribution in [2.45, 2.75) is 38.1 Å². The predicted octanol–water partition coefficient (Wildman–Crippen LogP) is 3.94. The first-order valence-corrected chi connectivity index (χ1v) is 9.75. The molecular formula is C19H27BrIN5. The molecule has 5 nitrogen and oxygen atoms in total. The third-order valence-corrected chi connectivity index (χ3v) is 5.11. The number of aliphatic imine (C=N–C) groups is 1. The highest BCUT2D eigenvalue weighted by molar-refractivity contribution is 14.0. The molecule has 0 radical (unpaired) electrons. The average Bonchev–Trinajstić information content (AvgIpc) is 3.23. The van der Waals surface area contributed by atoms with Gasteiger partial charge in [-0.1, -0.05) is 28.1 Å². The Hall–Kier alpha value is -1.09. The molecular weight excluding hydrogens is 505 g/mol. The van der Waals surface area contributed by atoms with Crippen LogP contribution in [0.2, 0.25) is 0 Å². The maximum absolute atomic E-state index is 4.85. The van der Waals surface area contributed by atoms with Crippen LogP contribution >= 0.6 is 39.9 Å². The third-order valence-electron chi connectivity index (χ3n) is 4.62. The van der Waals surface area contributed by atoms with Gasteiger partial charge >= 0.3 is 0 Å². The van der Waals surface area contributed by atoms with Gasteiger partial charge in [0.25, 0.3) is 0 Å². The smallest absolute Gasteiger partial charge is 0.191 e. The van der Waals surface area contributed by atoms with E-state index in [1.54, 1.807) is 0 Å². The Bertz CT molecular complexity index is 698. The Kier molecular flexibility index (Phi) is 8.40. The number of rotatable bonds is 8. The zero-order valence-corrected chi connectivity index (χ0v) is 19.0. The van der Waals surface area contributed by atoms with Crippen LogP contribution in [0.15, 0.2) is 52.5 Å². The van der Waals surface area contributed by atoms with Gasteiger partial charge in [-0.15, -0.1) is 24.0 Å². The summed E-state index contributed by atoms with van der Waals surface area (Å²) in [5.74, 6) is 0.911. The summed E-state index contributed by atoms with van der Waals surface area (Å²) in [5.41, 5.74) is 1.62. The summed E-state index contributed by atoms with van der Waals surface area (Å²) in [6.07, 6.45) is 9.13. The lowest BCUT2D eigenvalue weighted by atomic mass is 9.96. The van der Waals surface area contributed by atoms with Gasteiger partial charge in [-0.25, -0.2) is 4.98 Å². The molecule has 7 heteroatoms. The van der Waals surface area contributed by atoms with Gasteiger partial charge in [0.2, 0.25) is 0 Å². The predicted molar refractivity (Wildman–Crippen MR) is 121 cm³/mol. The number of imidazole rings is 1. The quantitative estimate of drug-likeness (QED) is 0.235. The number of aryl methyl sites for hydroxylation is 1. The molecule has 0 saturated heterocycles. The highest BCUT2D eigenvalue weighted by atomic mass is 127. The molecule has 1 saturated carbocycles. The van der Waals surface area contributed by atoms with E-state index in [1.165, 1.54) is 18.4 Å². The van der Waals surface area contributed by atoms with Crippen molar-refractivity contribution in [2.75, 3.05) is 19.6 Å². The fraction of sp³-hybridized carbons (Fsp3) is 0.474. The Balaban J connectivity index is 0.00000243. The number of benzene rings is 1. The van der Waals surface area contributed by atoms with Gasteiger partial charge in [-0.3, -0.25) is 4.99 Å². The van der Waals surface area contributed by atoms with Crippen molar-refractivity contribution in [3.63, 3.8) is 0 Å². The Morgan fingerprint density at radius 1 is 1.35 bits per heavy atom. The number of hydrogen-bond acceptors (Lipinski definition) is 2. The number of halogens is 2. The molecule has 1 aliphatic rings. The van der Waals surface area contributed by atoms with Crippen molar-refractivity contribution in [1.29, 1.82) is 0 Å². The number of hydrogen-bond donors (Lipinski definition) is 2. The van der Waals surface area contributed by atoms with Gasteiger partial charge in [0.15, 0.2) is 5.96 Å². The van der Waals surface area contributed by atoms with E-state index in [2.05, 4.69) is 67.3 Å². The van der Waals surface area contributed by atoms with E-state index in [0.29, 0.717) is 0 Å². The Morgan fingerprint density at radius 2 is 2.19 bits per heavy atom. The fourth-order valence-corrected chi connectivity index (χ4v) is 3.37. The lowest BCUT2D eigenvalue weighted by Crippen LogP contribution is -2.38. The maximum Gasteiger partial charge on any atom is 0.191 e. The van der Waals surface area contributed by atoms with Gasteiger partial charge in [0.1, 0.15) is 0 Å². The lowest BCUT2D eigenvalue weighted by molar-refractivity contribution is 0.622. The second kappa shape index (κ2) is 10.3. The molecule has 2 aromatic rings. The van der Waals surface area contributed by atoms with Crippen LogP contribution in [0.3, 0.4) is 0 Å². The summed E-state index contributed by atoms with van der Waals surface area (Å²) < 4.78 is 3.24. The zero-order valence-electron chi connectivity index (χ0n) is 15.1. The number of aromatic nitrogens is 2. The third kappa shape index (κ3) is 5.97. The van der Waals surface area contributed by atoms with Crippen LogP contribution in [-0.2, 0) is 12.0 Å². The molecule has 1 aromatic carbocycles. The van der Waals surface area contributed by atoms with Gasteiger partial charge in [0, 0.05) is 41.9 Å². The van der Waals surface area contributed by atoms with Crippen molar-refractivity contribution < 1.29 is 0 Å². The summed E-state index contributed by atoms with van der Waals surface area (Å²) >= 11 is 3.58. The second-order valence-electron chi connectivity index (χ2n) is 6.57. The van der Waals surface area contributed by atoms with E-state index < -0.39 is 0 Å². The fourth-order valence-electron chi connectivity index (χ4n) is 2.97. The monoisotopic (exact) mass is 531 g/mol. The molecule has 142 valence electrons. The number of nitrogens with one attached hydrogen (secondary N) is 2. The average molecular weight is 532 g/mol. The van der Waals surface area contributed by atoms with Crippen molar-refractivity contribution in [3.05, 3.63) is 53.0 Å². The van der Waals surface area contributed by atoms with E-state index in [4.69, 9.17) is 4.99 Å². The SMILES string of the molecule is CCNC(=NCC1(c2cccc(Br)c2)CC1)NCCCn1ccnc1.I. The zero-order chi connectivity index (χ0) is 17.5. The topological polar surface area (TPSA) is 54.2 Å². The van der Waals surface area contributed by atoms with Gasteiger partial charge < -0.3 is 15.2 Å². The van der Waals surface area contributed by atoms with Crippen molar-refractivity contribution >= 4 is 45.9 Å². The molecule has 3 rings (SSSR count). The molecule has 1 aliphatic carbocycles. The first-order valence-electron chi connectivity index (χ1n) is 8.96. The van der Waals surface area contributed by atoms with E-state index in [9.17, 15) is 0 Å². The first kappa shape index (κ1) is 21.2. The van der Waals surface area contributed by atoms with Crippen LogP contribution < -0.4 is 10.6 Å².